The maximum Gasteiger partial charge on any atom is -0.00581 e. The van der Waals surface area contributed by atoms with Gasteiger partial charge in [0.15, 0.2) is 0 Å². The Morgan fingerprint density at radius 3 is 2.23 bits per heavy atom. The number of rotatable bonds is 1. The van der Waals surface area contributed by atoms with Crippen molar-refractivity contribution in [1.29, 1.82) is 0 Å². The molecule has 13 heavy (non-hydrogen) atoms. The van der Waals surface area contributed by atoms with Gasteiger partial charge < -0.3 is 0 Å². The van der Waals surface area contributed by atoms with Crippen LogP contribution in [0.25, 0.3) is 5.57 Å². The van der Waals surface area contributed by atoms with Crippen molar-refractivity contribution in [3.05, 3.63) is 53.1 Å². The molecule has 1 aliphatic carbocycles. The molecule has 0 aromatic heterocycles. The minimum absolute atomic E-state index is 1.12. The molecule has 2 rings (SSSR count). The van der Waals surface area contributed by atoms with Crippen molar-refractivity contribution in [2.24, 2.45) is 0 Å². The Bertz CT molecular complexity index is 366. The van der Waals surface area contributed by atoms with E-state index in [4.69, 9.17) is 0 Å². The lowest BCUT2D eigenvalue weighted by molar-refractivity contribution is 1.23. The normalized spacial score (nSPS) is 16.3. The zero-order valence-corrected chi connectivity index (χ0v) is 8.17. The molecular weight excluding hydrogens is 156 g/mol. The van der Waals surface area contributed by atoms with Crippen LogP contribution in [0.5, 0.6) is 0 Å². The molecule has 0 fully saturated rings. The van der Waals surface area contributed by atoms with Gasteiger partial charge in [-0.3, -0.25) is 0 Å². The molecule has 1 aromatic rings. The van der Waals surface area contributed by atoms with Gasteiger partial charge in [-0.05, 0) is 31.4 Å². The van der Waals surface area contributed by atoms with Gasteiger partial charge in [-0.2, -0.15) is 0 Å². The topological polar surface area (TPSA) is 0 Å². The van der Waals surface area contributed by atoms with E-state index in [2.05, 4.69) is 50.3 Å². The quantitative estimate of drug-likeness (QED) is 0.601. The third-order valence-corrected chi connectivity index (χ3v) is 2.66. The molecule has 0 unspecified atom stereocenters. The second-order valence-electron chi connectivity index (χ2n) is 3.68. The van der Waals surface area contributed by atoms with Crippen molar-refractivity contribution >= 4 is 5.57 Å². The summed E-state index contributed by atoms with van der Waals surface area (Å²) in [5, 5.41) is 0. The fourth-order valence-electron chi connectivity index (χ4n) is 1.70. The zero-order valence-electron chi connectivity index (χ0n) is 8.17. The Morgan fingerprint density at radius 2 is 1.69 bits per heavy atom. The molecule has 0 atom stereocenters. The lowest BCUT2D eigenvalue weighted by atomic mass is 10.0. The van der Waals surface area contributed by atoms with Gasteiger partial charge in [0, 0.05) is 0 Å². The highest BCUT2D eigenvalue weighted by atomic mass is 14.1. The van der Waals surface area contributed by atoms with Crippen molar-refractivity contribution in [1.82, 2.24) is 0 Å². The van der Waals surface area contributed by atoms with Crippen LogP contribution in [-0.2, 0) is 0 Å². The van der Waals surface area contributed by atoms with Crippen LogP contribution in [-0.4, -0.2) is 0 Å². The Hall–Kier alpha value is -1.30. The number of hydrogen-bond acceptors (Lipinski definition) is 0. The standard InChI is InChI=1S/C13H14/c1-10-8-13(9-11(10)2)12-6-4-3-5-7-12/h3-8H,9H2,1-2H3. The SMILES string of the molecule is CC1=C(C)CC(c2ccccc2)=C1. The van der Waals surface area contributed by atoms with E-state index in [0.29, 0.717) is 0 Å². The summed E-state index contributed by atoms with van der Waals surface area (Å²) < 4.78 is 0. The van der Waals surface area contributed by atoms with Crippen LogP contribution in [0.4, 0.5) is 0 Å². The maximum absolute atomic E-state index is 2.30. The average molecular weight is 170 g/mol. The van der Waals surface area contributed by atoms with Gasteiger partial charge in [0.25, 0.3) is 0 Å². The smallest absolute Gasteiger partial charge is 0.00581 e. The fourth-order valence-corrected chi connectivity index (χ4v) is 1.70. The molecule has 0 radical (unpaired) electrons. The van der Waals surface area contributed by atoms with Gasteiger partial charge in [0.05, 0.1) is 0 Å². The molecule has 0 N–H and O–H groups in total. The first-order chi connectivity index (χ1) is 6.27. The molecule has 0 spiro atoms. The van der Waals surface area contributed by atoms with Crippen molar-refractivity contribution in [3.8, 4) is 0 Å². The Labute approximate surface area is 79.6 Å². The van der Waals surface area contributed by atoms with Crippen LogP contribution in [0.1, 0.15) is 25.8 Å². The summed E-state index contributed by atoms with van der Waals surface area (Å²) in [4.78, 5) is 0. The van der Waals surface area contributed by atoms with Crippen LogP contribution >= 0.6 is 0 Å². The molecule has 0 nitrogen and oxygen atoms in total. The third-order valence-electron chi connectivity index (χ3n) is 2.66. The van der Waals surface area contributed by atoms with Gasteiger partial charge in [-0.1, -0.05) is 47.6 Å². The molecule has 0 aliphatic heterocycles. The van der Waals surface area contributed by atoms with Crippen molar-refractivity contribution in [3.63, 3.8) is 0 Å². The first-order valence-corrected chi connectivity index (χ1v) is 4.70. The van der Waals surface area contributed by atoms with Crippen LogP contribution in [0.2, 0.25) is 0 Å². The second-order valence-corrected chi connectivity index (χ2v) is 3.68. The van der Waals surface area contributed by atoms with E-state index in [-0.39, 0.29) is 0 Å². The monoisotopic (exact) mass is 170 g/mol. The van der Waals surface area contributed by atoms with Gasteiger partial charge >= 0.3 is 0 Å². The van der Waals surface area contributed by atoms with Crippen LogP contribution in [0.15, 0.2) is 47.6 Å². The summed E-state index contributed by atoms with van der Waals surface area (Å²) in [5.74, 6) is 0. The van der Waals surface area contributed by atoms with E-state index in [1.54, 1.807) is 0 Å². The summed E-state index contributed by atoms with van der Waals surface area (Å²) in [6.45, 7) is 4.40. The van der Waals surface area contributed by atoms with E-state index < -0.39 is 0 Å². The highest BCUT2D eigenvalue weighted by Crippen LogP contribution is 2.31. The van der Waals surface area contributed by atoms with E-state index in [0.717, 1.165) is 6.42 Å². The van der Waals surface area contributed by atoms with Crippen molar-refractivity contribution < 1.29 is 0 Å². The molecule has 1 aliphatic rings. The number of hydrogen-bond donors (Lipinski definition) is 0. The molecular formula is C13H14. The summed E-state index contributed by atoms with van der Waals surface area (Å²) in [5.41, 5.74) is 5.74. The number of benzene rings is 1. The van der Waals surface area contributed by atoms with Gasteiger partial charge in [0.2, 0.25) is 0 Å². The van der Waals surface area contributed by atoms with E-state index in [9.17, 15) is 0 Å². The minimum Gasteiger partial charge on any atom is -0.0660 e. The Morgan fingerprint density at radius 1 is 1.00 bits per heavy atom. The van der Waals surface area contributed by atoms with Crippen LogP contribution in [0, 0.1) is 0 Å². The van der Waals surface area contributed by atoms with Gasteiger partial charge in [0.1, 0.15) is 0 Å². The summed E-state index contributed by atoms with van der Waals surface area (Å²) in [7, 11) is 0. The molecule has 0 heterocycles. The van der Waals surface area contributed by atoms with E-state index >= 15 is 0 Å². The summed E-state index contributed by atoms with van der Waals surface area (Å²) >= 11 is 0. The molecule has 66 valence electrons. The Balaban J connectivity index is 2.29. The largest absolute Gasteiger partial charge is 0.0660 e. The van der Waals surface area contributed by atoms with Gasteiger partial charge in [-0.15, -0.1) is 0 Å². The van der Waals surface area contributed by atoms with E-state index in [1.165, 1.54) is 22.3 Å². The van der Waals surface area contributed by atoms with Crippen molar-refractivity contribution in [2.45, 2.75) is 20.3 Å². The highest BCUT2D eigenvalue weighted by molar-refractivity contribution is 5.73. The molecule has 0 amide bonds. The summed E-state index contributed by atoms with van der Waals surface area (Å²) in [6.07, 6.45) is 3.42. The average Bonchev–Trinajstić information content (AvgIpc) is 2.49. The summed E-state index contributed by atoms with van der Waals surface area (Å²) in [6, 6.07) is 10.6. The maximum atomic E-state index is 2.30. The fraction of sp³-hybridized carbons (Fsp3) is 0.231. The first-order valence-electron chi connectivity index (χ1n) is 4.70. The zero-order chi connectivity index (χ0) is 9.26. The molecule has 0 bridgehead atoms. The van der Waals surface area contributed by atoms with Crippen molar-refractivity contribution in [2.75, 3.05) is 0 Å². The second kappa shape index (κ2) is 3.21. The molecule has 0 heteroatoms. The number of allylic oxidation sites excluding steroid dienone is 4. The predicted molar refractivity (Wildman–Crippen MR) is 57.4 cm³/mol. The van der Waals surface area contributed by atoms with Crippen LogP contribution < -0.4 is 0 Å². The third kappa shape index (κ3) is 1.57. The molecule has 1 aromatic carbocycles. The Kier molecular flexibility index (Phi) is 2.05. The first kappa shape index (κ1) is 8.31. The van der Waals surface area contributed by atoms with Crippen LogP contribution in [0.3, 0.4) is 0 Å². The van der Waals surface area contributed by atoms with Gasteiger partial charge in [-0.25, -0.2) is 0 Å². The molecule has 0 saturated heterocycles. The predicted octanol–water partition coefficient (Wildman–Crippen LogP) is 3.81. The minimum atomic E-state index is 1.12. The highest BCUT2D eigenvalue weighted by Gasteiger charge is 2.09. The lowest BCUT2D eigenvalue weighted by Gasteiger charge is -2.01. The van der Waals surface area contributed by atoms with E-state index in [1.807, 2.05) is 0 Å². The lowest BCUT2D eigenvalue weighted by Crippen LogP contribution is -1.80. The molecule has 0 saturated carbocycles.